The number of rotatable bonds is 3. The first kappa shape index (κ1) is 13.9. The van der Waals surface area contributed by atoms with Crippen molar-refractivity contribution < 1.29 is 9.90 Å². The van der Waals surface area contributed by atoms with Crippen LogP contribution in [0.15, 0.2) is 18.2 Å². The Kier molecular flexibility index (Phi) is 4.10. The maximum absolute atomic E-state index is 10.9. The number of nitrogens with two attached hydrogens (primary N) is 1. The Morgan fingerprint density at radius 1 is 1.37 bits per heavy atom. The monoisotopic (exact) mass is 262 g/mol. The molecule has 1 aliphatic heterocycles. The van der Waals surface area contributed by atoms with E-state index in [9.17, 15) is 4.79 Å². The molecule has 1 heterocycles. The van der Waals surface area contributed by atoms with Gasteiger partial charge in [-0.05, 0) is 49.4 Å². The van der Waals surface area contributed by atoms with Crippen molar-refractivity contribution in [1.82, 2.24) is 0 Å². The van der Waals surface area contributed by atoms with Crippen molar-refractivity contribution in [3.05, 3.63) is 29.3 Å². The SMILES string of the molecule is Cc1ccc(N2CC(N)CC(CC(=O)O)C2)cc1C. The summed E-state index contributed by atoms with van der Waals surface area (Å²) in [5, 5.41) is 8.93. The van der Waals surface area contributed by atoms with Crippen molar-refractivity contribution in [3.63, 3.8) is 0 Å². The van der Waals surface area contributed by atoms with E-state index in [0.717, 1.165) is 25.2 Å². The highest BCUT2D eigenvalue weighted by atomic mass is 16.4. The molecule has 1 aromatic carbocycles. The first-order valence-corrected chi connectivity index (χ1v) is 6.75. The van der Waals surface area contributed by atoms with Crippen LogP contribution in [0.4, 0.5) is 5.69 Å². The van der Waals surface area contributed by atoms with Gasteiger partial charge in [0, 0.05) is 31.2 Å². The highest BCUT2D eigenvalue weighted by Crippen LogP contribution is 2.26. The van der Waals surface area contributed by atoms with E-state index in [4.69, 9.17) is 10.8 Å². The second-order valence-electron chi connectivity index (χ2n) is 5.63. The van der Waals surface area contributed by atoms with Gasteiger partial charge in [-0.3, -0.25) is 4.79 Å². The van der Waals surface area contributed by atoms with Crippen LogP contribution in [0.3, 0.4) is 0 Å². The van der Waals surface area contributed by atoms with Gasteiger partial charge in [0.15, 0.2) is 0 Å². The normalized spacial score (nSPS) is 23.4. The molecule has 1 aliphatic rings. The van der Waals surface area contributed by atoms with E-state index >= 15 is 0 Å². The van der Waals surface area contributed by atoms with Gasteiger partial charge >= 0.3 is 5.97 Å². The second kappa shape index (κ2) is 5.61. The van der Waals surface area contributed by atoms with Crippen LogP contribution in [0.1, 0.15) is 24.0 Å². The molecule has 1 fully saturated rings. The first-order chi connectivity index (χ1) is 8.95. The molecule has 2 rings (SSSR count). The van der Waals surface area contributed by atoms with Crippen LogP contribution in [0.2, 0.25) is 0 Å². The molecule has 0 aromatic heterocycles. The summed E-state index contributed by atoms with van der Waals surface area (Å²) in [5.41, 5.74) is 9.74. The minimum absolute atomic E-state index is 0.0553. The van der Waals surface area contributed by atoms with Crippen molar-refractivity contribution in [1.29, 1.82) is 0 Å². The number of carbonyl (C=O) groups is 1. The maximum Gasteiger partial charge on any atom is 0.303 e. The van der Waals surface area contributed by atoms with Crippen LogP contribution >= 0.6 is 0 Å². The van der Waals surface area contributed by atoms with Gasteiger partial charge in [0.1, 0.15) is 0 Å². The summed E-state index contributed by atoms with van der Waals surface area (Å²) < 4.78 is 0. The number of aryl methyl sites for hydroxylation is 2. The van der Waals surface area contributed by atoms with Gasteiger partial charge in [-0.25, -0.2) is 0 Å². The summed E-state index contributed by atoms with van der Waals surface area (Å²) in [5.74, 6) is -0.595. The van der Waals surface area contributed by atoms with E-state index in [2.05, 4.69) is 36.9 Å². The van der Waals surface area contributed by atoms with E-state index in [1.54, 1.807) is 0 Å². The summed E-state index contributed by atoms with van der Waals surface area (Å²) in [6, 6.07) is 6.42. The van der Waals surface area contributed by atoms with Crippen LogP contribution in [-0.2, 0) is 4.79 Å². The lowest BCUT2D eigenvalue weighted by Gasteiger charge is -2.37. The van der Waals surface area contributed by atoms with Crippen molar-refractivity contribution in [2.24, 2.45) is 11.7 Å². The Balaban J connectivity index is 2.14. The molecule has 0 spiro atoms. The lowest BCUT2D eigenvalue weighted by molar-refractivity contribution is -0.138. The lowest BCUT2D eigenvalue weighted by Crippen LogP contribution is -2.47. The van der Waals surface area contributed by atoms with Crippen LogP contribution in [0.5, 0.6) is 0 Å². The summed E-state index contributed by atoms with van der Waals surface area (Å²) in [7, 11) is 0. The number of benzene rings is 1. The van der Waals surface area contributed by atoms with Gasteiger partial charge in [0.05, 0.1) is 0 Å². The standard InChI is InChI=1S/C15H22N2O2/c1-10-3-4-14(5-11(10)2)17-8-12(7-15(18)19)6-13(16)9-17/h3-5,12-13H,6-9,16H2,1-2H3,(H,18,19). The van der Waals surface area contributed by atoms with Crippen LogP contribution in [0, 0.1) is 19.8 Å². The molecule has 0 amide bonds. The zero-order chi connectivity index (χ0) is 14.0. The second-order valence-corrected chi connectivity index (χ2v) is 5.63. The van der Waals surface area contributed by atoms with Gasteiger partial charge in [-0.15, -0.1) is 0 Å². The number of piperidine rings is 1. The van der Waals surface area contributed by atoms with E-state index in [0.29, 0.717) is 0 Å². The summed E-state index contributed by atoms with van der Waals surface area (Å²) in [6.07, 6.45) is 1.00. The maximum atomic E-state index is 10.9. The summed E-state index contributed by atoms with van der Waals surface area (Å²) >= 11 is 0. The largest absolute Gasteiger partial charge is 0.481 e. The molecular weight excluding hydrogens is 240 g/mol. The van der Waals surface area contributed by atoms with E-state index < -0.39 is 5.97 Å². The number of hydrogen-bond donors (Lipinski definition) is 2. The molecule has 0 saturated carbocycles. The molecule has 1 saturated heterocycles. The van der Waals surface area contributed by atoms with Crippen molar-refractivity contribution >= 4 is 11.7 Å². The average molecular weight is 262 g/mol. The number of carboxylic acid groups (broad SMARTS) is 1. The molecule has 4 nitrogen and oxygen atoms in total. The molecule has 4 heteroatoms. The molecule has 3 N–H and O–H groups in total. The number of nitrogens with zero attached hydrogens (tertiary/aromatic N) is 1. The summed E-state index contributed by atoms with van der Waals surface area (Å²) in [6.45, 7) is 5.77. The predicted octanol–water partition coefficient (Wildman–Crippen LogP) is 1.93. The quantitative estimate of drug-likeness (QED) is 0.873. The molecular formula is C15H22N2O2. The van der Waals surface area contributed by atoms with Gasteiger partial charge in [0.2, 0.25) is 0 Å². The number of anilines is 1. The predicted molar refractivity (Wildman–Crippen MR) is 76.5 cm³/mol. The molecule has 19 heavy (non-hydrogen) atoms. The molecule has 2 unspecified atom stereocenters. The van der Waals surface area contributed by atoms with E-state index in [-0.39, 0.29) is 18.4 Å². The Labute approximate surface area is 114 Å². The van der Waals surface area contributed by atoms with Crippen LogP contribution in [0.25, 0.3) is 0 Å². The van der Waals surface area contributed by atoms with Crippen LogP contribution in [-0.4, -0.2) is 30.2 Å². The van der Waals surface area contributed by atoms with E-state index in [1.807, 2.05) is 0 Å². The fourth-order valence-electron chi connectivity index (χ4n) is 2.77. The van der Waals surface area contributed by atoms with Crippen molar-refractivity contribution in [3.8, 4) is 0 Å². The lowest BCUT2D eigenvalue weighted by atomic mass is 9.91. The Bertz CT molecular complexity index is 473. The Morgan fingerprint density at radius 2 is 2.11 bits per heavy atom. The van der Waals surface area contributed by atoms with Crippen molar-refractivity contribution in [2.45, 2.75) is 32.7 Å². The third-order valence-corrected chi connectivity index (χ3v) is 3.89. The summed E-state index contributed by atoms with van der Waals surface area (Å²) in [4.78, 5) is 13.1. The fraction of sp³-hybridized carbons (Fsp3) is 0.533. The fourth-order valence-corrected chi connectivity index (χ4v) is 2.77. The molecule has 0 bridgehead atoms. The smallest absolute Gasteiger partial charge is 0.303 e. The van der Waals surface area contributed by atoms with Gasteiger partial charge in [-0.1, -0.05) is 6.07 Å². The average Bonchev–Trinajstić information content (AvgIpc) is 2.31. The van der Waals surface area contributed by atoms with Crippen molar-refractivity contribution in [2.75, 3.05) is 18.0 Å². The molecule has 104 valence electrons. The third-order valence-electron chi connectivity index (χ3n) is 3.89. The third kappa shape index (κ3) is 3.47. The molecule has 0 aliphatic carbocycles. The number of hydrogen-bond acceptors (Lipinski definition) is 3. The Hall–Kier alpha value is -1.55. The molecule has 1 aromatic rings. The van der Waals surface area contributed by atoms with Gasteiger partial charge < -0.3 is 15.7 Å². The Morgan fingerprint density at radius 3 is 2.74 bits per heavy atom. The number of carboxylic acids is 1. The minimum atomic E-state index is -0.737. The first-order valence-electron chi connectivity index (χ1n) is 6.75. The van der Waals surface area contributed by atoms with Gasteiger partial charge in [0.25, 0.3) is 0 Å². The van der Waals surface area contributed by atoms with E-state index in [1.165, 1.54) is 11.1 Å². The zero-order valence-electron chi connectivity index (χ0n) is 11.6. The number of aliphatic carboxylic acids is 1. The molecule has 2 atom stereocenters. The van der Waals surface area contributed by atoms with Crippen LogP contribution < -0.4 is 10.6 Å². The van der Waals surface area contributed by atoms with Gasteiger partial charge in [-0.2, -0.15) is 0 Å². The molecule has 0 radical (unpaired) electrons. The minimum Gasteiger partial charge on any atom is -0.481 e. The highest BCUT2D eigenvalue weighted by molar-refractivity contribution is 5.67. The zero-order valence-corrected chi connectivity index (χ0v) is 11.6. The highest BCUT2D eigenvalue weighted by Gasteiger charge is 2.26. The topological polar surface area (TPSA) is 66.6 Å².